The van der Waals surface area contributed by atoms with Gasteiger partial charge in [0.1, 0.15) is 0 Å². The van der Waals surface area contributed by atoms with Crippen LogP contribution in [0.25, 0.3) is 0 Å². The lowest BCUT2D eigenvalue weighted by atomic mass is 10.1. The minimum atomic E-state index is -1.37. The molecule has 0 aliphatic rings. The fourth-order valence-corrected chi connectivity index (χ4v) is 1.52. The van der Waals surface area contributed by atoms with E-state index in [1.165, 1.54) is 0 Å². The van der Waals surface area contributed by atoms with E-state index in [9.17, 15) is 29.8 Å². The molecule has 0 bridgehead atoms. The van der Waals surface area contributed by atoms with E-state index in [0.717, 1.165) is 0 Å². The molecule has 1 aromatic carbocycles. The average Bonchev–Trinajstić information content (AvgIpc) is 2.26. The molecule has 0 spiro atoms. The summed E-state index contributed by atoms with van der Waals surface area (Å²) in [4.78, 5) is 41.2. The molecular formula is C8H2Cl2N2O6. The Hall–Kier alpha value is -2.06. The third kappa shape index (κ3) is 2.60. The smallest absolute Gasteiger partial charge is 0.276 e. The minimum absolute atomic E-state index is 0.475. The molecule has 8 nitrogen and oxygen atoms in total. The Bertz CT molecular complexity index is 550. The number of halogens is 2. The highest BCUT2D eigenvalue weighted by molar-refractivity contribution is 6.69. The van der Waals surface area contributed by atoms with Gasteiger partial charge in [-0.25, -0.2) is 0 Å². The molecule has 0 aliphatic carbocycles. The molecule has 0 saturated heterocycles. The molecule has 1 rings (SSSR count). The van der Waals surface area contributed by atoms with Crippen molar-refractivity contribution in [2.45, 2.75) is 0 Å². The third-order valence-corrected chi connectivity index (χ3v) is 2.32. The SMILES string of the molecule is O=C(Cl)c1cc([N+](=O)[O-])c(C(=O)Cl)c([N+](=O)[O-])c1. The third-order valence-electron chi connectivity index (χ3n) is 1.91. The summed E-state index contributed by atoms with van der Waals surface area (Å²) in [6.45, 7) is 0. The Labute approximate surface area is 108 Å². The highest BCUT2D eigenvalue weighted by Crippen LogP contribution is 2.32. The Kier molecular flexibility index (Phi) is 3.94. The normalized spacial score (nSPS) is 9.89. The first-order valence-corrected chi connectivity index (χ1v) is 4.87. The fraction of sp³-hybridized carbons (Fsp3) is 0. The van der Waals surface area contributed by atoms with Gasteiger partial charge in [0.2, 0.25) is 0 Å². The molecular weight excluding hydrogens is 291 g/mol. The predicted molar refractivity (Wildman–Crippen MR) is 60.1 cm³/mol. The Morgan fingerprint density at radius 1 is 0.944 bits per heavy atom. The van der Waals surface area contributed by atoms with Gasteiger partial charge in [0.25, 0.3) is 21.9 Å². The van der Waals surface area contributed by atoms with E-state index < -0.39 is 42.8 Å². The van der Waals surface area contributed by atoms with Gasteiger partial charge in [-0.15, -0.1) is 0 Å². The van der Waals surface area contributed by atoms with Crippen LogP contribution in [0.15, 0.2) is 12.1 Å². The van der Waals surface area contributed by atoms with Crippen molar-refractivity contribution in [1.82, 2.24) is 0 Å². The van der Waals surface area contributed by atoms with Gasteiger partial charge < -0.3 is 0 Å². The van der Waals surface area contributed by atoms with Crippen LogP contribution in [0.3, 0.4) is 0 Å². The number of nitrogens with zero attached hydrogens (tertiary/aromatic N) is 2. The van der Waals surface area contributed by atoms with Gasteiger partial charge in [0.05, 0.1) is 9.85 Å². The molecule has 0 saturated carbocycles. The van der Waals surface area contributed by atoms with Crippen molar-refractivity contribution in [2.75, 3.05) is 0 Å². The zero-order valence-corrected chi connectivity index (χ0v) is 9.77. The fourth-order valence-electron chi connectivity index (χ4n) is 1.21. The molecule has 0 heterocycles. The molecule has 0 atom stereocenters. The number of benzene rings is 1. The van der Waals surface area contributed by atoms with Gasteiger partial charge in [-0.05, 0) is 23.2 Å². The molecule has 0 aliphatic heterocycles. The Morgan fingerprint density at radius 2 is 1.33 bits per heavy atom. The van der Waals surface area contributed by atoms with Crippen LogP contribution >= 0.6 is 23.2 Å². The van der Waals surface area contributed by atoms with Crippen LogP contribution in [0.1, 0.15) is 20.7 Å². The minimum Gasteiger partial charge on any atom is -0.276 e. The van der Waals surface area contributed by atoms with Crippen LogP contribution in [0.5, 0.6) is 0 Å². The van der Waals surface area contributed by atoms with E-state index in [1.54, 1.807) is 0 Å². The molecule has 94 valence electrons. The molecule has 10 heteroatoms. The molecule has 0 amide bonds. The monoisotopic (exact) mass is 292 g/mol. The van der Waals surface area contributed by atoms with E-state index in [0.29, 0.717) is 12.1 Å². The highest BCUT2D eigenvalue weighted by atomic mass is 35.5. The maximum Gasteiger partial charge on any atom is 0.289 e. The second-order valence-electron chi connectivity index (χ2n) is 2.95. The zero-order chi connectivity index (χ0) is 14.0. The van der Waals surface area contributed by atoms with E-state index in [4.69, 9.17) is 23.2 Å². The second kappa shape index (κ2) is 5.07. The summed E-state index contributed by atoms with van der Waals surface area (Å²) in [7, 11) is 0. The maximum absolute atomic E-state index is 11.0. The van der Waals surface area contributed by atoms with Crippen molar-refractivity contribution in [1.29, 1.82) is 0 Å². The topological polar surface area (TPSA) is 120 Å². The van der Waals surface area contributed by atoms with Crippen LogP contribution in [-0.4, -0.2) is 20.3 Å². The van der Waals surface area contributed by atoms with Crippen molar-refractivity contribution >= 4 is 45.1 Å². The van der Waals surface area contributed by atoms with Gasteiger partial charge in [-0.3, -0.25) is 29.8 Å². The molecule has 0 aromatic heterocycles. The van der Waals surface area contributed by atoms with Gasteiger partial charge in [-0.1, -0.05) is 0 Å². The average molecular weight is 293 g/mol. The molecule has 18 heavy (non-hydrogen) atoms. The summed E-state index contributed by atoms with van der Waals surface area (Å²) in [6, 6.07) is 1.30. The first-order valence-electron chi connectivity index (χ1n) is 4.12. The molecule has 1 aromatic rings. The van der Waals surface area contributed by atoms with Crippen molar-refractivity contribution in [3.8, 4) is 0 Å². The summed E-state index contributed by atoms with van der Waals surface area (Å²) in [5.74, 6) is 0. The van der Waals surface area contributed by atoms with Gasteiger partial charge in [0, 0.05) is 17.7 Å². The Morgan fingerprint density at radius 3 is 1.56 bits per heavy atom. The van der Waals surface area contributed by atoms with Gasteiger partial charge in [-0.2, -0.15) is 0 Å². The molecule has 0 N–H and O–H groups in total. The summed E-state index contributed by atoms with van der Waals surface area (Å²) in [5.41, 5.74) is -3.27. The lowest BCUT2D eigenvalue weighted by Gasteiger charge is -2.01. The number of carbonyl (C=O) groups is 2. The number of rotatable bonds is 4. The molecule has 0 unspecified atom stereocenters. The van der Waals surface area contributed by atoms with Crippen LogP contribution in [0, 0.1) is 20.2 Å². The van der Waals surface area contributed by atoms with Crippen LogP contribution in [0.4, 0.5) is 11.4 Å². The van der Waals surface area contributed by atoms with E-state index >= 15 is 0 Å². The first kappa shape index (κ1) is 14.0. The molecule has 0 radical (unpaired) electrons. The first-order chi connectivity index (χ1) is 8.25. The number of carbonyl (C=O) groups excluding carboxylic acids is 2. The standard InChI is InChI=1S/C8H2Cl2N2O6/c9-7(13)3-1-4(11(15)16)6(8(10)14)5(2-3)12(17)18/h1-2H. The lowest BCUT2D eigenvalue weighted by Crippen LogP contribution is -2.06. The summed E-state index contributed by atoms with van der Waals surface area (Å²) < 4.78 is 0. The summed E-state index contributed by atoms with van der Waals surface area (Å²) in [6.07, 6.45) is 0. The van der Waals surface area contributed by atoms with Crippen molar-refractivity contribution in [3.63, 3.8) is 0 Å². The van der Waals surface area contributed by atoms with Crippen molar-refractivity contribution < 1.29 is 19.4 Å². The van der Waals surface area contributed by atoms with Crippen molar-refractivity contribution in [2.24, 2.45) is 0 Å². The number of nitro benzene ring substituents is 2. The van der Waals surface area contributed by atoms with E-state index in [1.807, 2.05) is 0 Å². The van der Waals surface area contributed by atoms with Gasteiger partial charge >= 0.3 is 0 Å². The van der Waals surface area contributed by atoms with E-state index in [-0.39, 0.29) is 0 Å². The summed E-state index contributed by atoms with van der Waals surface area (Å²) >= 11 is 10.2. The predicted octanol–water partition coefficient (Wildman–Crippen LogP) is 2.26. The summed E-state index contributed by atoms with van der Waals surface area (Å²) in [5, 5.41) is 18.9. The number of hydrogen-bond donors (Lipinski definition) is 0. The van der Waals surface area contributed by atoms with Gasteiger partial charge in [0.15, 0.2) is 5.56 Å². The zero-order valence-electron chi connectivity index (χ0n) is 8.25. The van der Waals surface area contributed by atoms with Crippen LogP contribution < -0.4 is 0 Å². The second-order valence-corrected chi connectivity index (χ2v) is 3.64. The van der Waals surface area contributed by atoms with Crippen LogP contribution in [0.2, 0.25) is 0 Å². The highest BCUT2D eigenvalue weighted by Gasteiger charge is 2.32. The quantitative estimate of drug-likeness (QED) is 0.477. The van der Waals surface area contributed by atoms with Crippen molar-refractivity contribution in [3.05, 3.63) is 43.5 Å². The number of nitro groups is 2. The largest absolute Gasteiger partial charge is 0.289 e. The number of hydrogen-bond acceptors (Lipinski definition) is 6. The van der Waals surface area contributed by atoms with Crippen LogP contribution in [-0.2, 0) is 0 Å². The lowest BCUT2D eigenvalue weighted by molar-refractivity contribution is -0.394. The Balaban J connectivity index is 3.76. The maximum atomic E-state index is 11.0. The molecule has 0 fully saturated rings. The van der Waals surface area contributed by atoms with E-state index in [2.05, 4.69) is 0 Å².